The molecule has 1 aromatic heterocycles. The van der Waals surface area contributed by atoms with E-state index in [1.165, 1.54) is 4.57 Å². The number of halogens is 1. The molecule has 0 aliphatic heterocycles. The Labute approximate surface area is 130 Å². The second-order valence-corrected chi connectivity index (χ2v) is 5.85. The van der Waals surface area contributed by atoms with E-state index in [2.05, 4.69) is 29.8 Å². The van der Waals surface area contributed by atoms with E-state index in [9.17, 15) is 19.7 Å². The molecule has 7 nitrogen and oxygen atoms in total. The van der Waals surface area contributed by atoms with E-state index in [-0.39, 0.29) is 5.41 Å². The van der Waals surface area contributed by atoms with Gasteiger partial charge in [0.05, 0.1) is 11.1 Å². The lowest BCUT2D eigenvalue weighted by molar-refractivity contribution is -0.386. The Morgan fingerprint density at radius 2 is 1.90 bits per heavy atom. The number of alkyl halides is 1. The van der Waals surface area contributed by atoms with Crippen LogP contribution in [-0.4, -0.2) is 19.8 Å². The van der Waals surface area contributed by atoms with E-state index in [0.29, 0.717) is 11.9 Å². The smallest absolute Gasteiger partial charge is 0.293 e. The Hall–Kier alpha value is -1.44. The molecule has 0 saturated heterocycles. The van der Waals surface area contributed by atoms with E-state index in [1.807, 2.05) is 4.98 Å². The van der Waals surface area contributed by atoms with Gasteiger partial charge in [-0.1, -0.05) is 42.6 Å². The summed E-state index contributed by atoms with van der Waals surface area (Å²) in [4.78, 5) is 35.4. The summed E-state index contributed by atoms with van der Waals surface area (Å²) in [6, 6.07) is 0. The molecule has 0 atom stereocenters. The molecule has 0 spiro atoms. The summed E-state index contributed by atoms with van der Waals surface area (Å²) in [5.41, 5.74) is -2.33. The maximum absolute atomic E-state index is 11.9. The van der Waals surface area contributed by atoms with Crippen molar-refractivity contribution in [3.05, 3.63) is 37.1 Å². The molecule has 21 heavy (non-hydrogen) atoms. The number of nitro groups is 1. The van der Waals surface area contributed by atoms with E-state index in [1.54, 1.807) is 0 Å². The third kappa shape index (κ3) is 4.26. The highest BCUT2D eigenvalue weighted by Gasteiger charge is 2.29. The number of H-pyrrole nitrogens is 1. The van der Waals surface area contributed by atoms with Crippen LogP contribution in [0.15, 0.2) is 15.8 Å². The summed E-state index contributed by atoms with van der Waals surface area (Å²) in [5, 5.41) is 11.5. The molecule has 1 rings (SSSR count). The molecular weight excluding hydrogens is 342 g/mol. The molecule has 0 aliphatic rings. The van der Waals surface area contributed by atoms with Crippen molar-refractivity contribution in [3.8, 4) is 0 Å². The standard InChI is InChI=1S/C13H20BrN3O4/c1-3-5-13(8-14,6-4-2)9-16-7-10(17(20)21)11(18)15-12(16)19/h7H,3-6,8-9H2,1-2H3,(H,15,18,19). The lowest BCUT2D eigenvalue weighted by Gasteiger charge is -2.32. The molecule has 0 radical (unpaired) electrons. The van der Waals surface area contributed by atoms with Crippen molar-refractivity contribution in [2.45, 2.75) is 46.1 Å². The SMILES string of the molecule is CCCC(CBr)(CCC)Cn1cc([N+](=O)[O-])c(=O)[nH]c1=O. The summed E-state index contributed by atoms with van der Waals surface area (Å²) in [6.07, 6.45) is 4.73. The minimum Gasteiger partial charge on any atom is -0.293 e. The summed E-state index contributed by atoms with van der Waals surface area (Å²) >= 11 is 3.50. The molecule has 1 aromatic rings. The van der Waals surface area contributed by atoms with Crippen LogP contribution < -0.4 is 11.2 Å². The molecule has 1 N–H and O–H groups in total. The number of nitrogens with zero attached hydrogens (tertiary/aromatic N) is 2. The predicted molar refractivity (Wildman–Crippen MR) is 84.0 cm³/mol. The van der Waals surface area contributed by atoms with Crippen LogP contribution in [0.3, 0.4) is 0 Å². The first-order chi connectivity index (χ1) is 9.89. The molecule has 0 bridgehead atoms. The van der Waals surface area contributed by atoms with Gasteiger partial charge in [0.1, 0.15) is 0 Å². The molecule has 0 unspecified atom stereocenters. The molecule has 0 amide bonds. The van der Waals surface area contributed by atoms with Crippen molar-refractivity contribution in [3.63, 3.8) is 0 Å². The minimum absolute atomic E-state index is 0.153. The van der Waals surface area contributed by atoms with Crippen molar-refractivity contribution in [2.24, 2.45) is 5.41 Å². The maximum atomic E-state index is 11.9. The zero-order valence-electron chi connectivity index (χ0n) is 12.2. The number of rotatable bonds is 8. The molecule has 0 aliphatic carbocycles. The van der Waals surface area contributed by atoms with Gasteiger partial charge in [-0.05, 0) is 18.3 Å². The zero-order valence-corrected chi connectivity index (χ0v) is 13.8. The normalized spacial score (nSPS) is 11.6. The van der Waals surface area contributed by atoms with Gasteiger partial charge in [0.25, 0.3) is 0 Å². The average Bonchev–Trinajstić information content (AvgIpc) is 2.41. The van der Waals surface area contributed by atoms with Gasteiger partial charge in [0.15, 0.2) is 0 Å². The van der Waals surface area contributed by atoms with Crippen LogP contribution in [0.5, 0.6) is 0 Å². The number of hydrogen-bond donors (Lipinski definition) is 1. The Morgan fingerprint density at radius 1 is 1.33 bits per heavy atom. The summed E-state index contributed by atoms with van der Waals surface area (Å²) < 4.78 is 1.24. The van der Waals surface area contributed by atoms with Crippen LogP contribution in [0.1, 0.15) is 39.5 Å². The van der Waals surface area contributed by atoms with Gasteiger partial charge in [0, 0.05) is 11.9 Å². The van der Waals surface area contributed by atoms with E-state index in [0.717, 1.165) is 31.9 Å². The van der Waals surface area contributed by atoms with E-state index < -0.39 is 21.9 Å². The zero-order chi connectivity index (χ0) is 16.0. The number of nitrogens with one attached hydrogen (secondary N) is 1. The van der Waals surface area contributed by atoms with Crippen LogP contribution in [0.2, 0.25) is 0 Å². The predicted octanol–water partition coefficient (Wildman–Crippen LogP) is 2.43. The van der Waals surface area contributed by atoms with Crippen molar-refractivity contribution in [1.82, 2.24) is 9.55 Å². The molecule has 8 heteroatoms. The third-order valence-corrected chi connectivity index (χ3v) is 4.73. The highest BCUT2D eigenvalue weighted by Crippen LogP contribution is 2.33. The first-order valence-corrected chi connectivity index (χ1v) is 8.05. The lowest BCUT2D eigenvalue weighted by Crippen LogP contribution is -2.37. The van der Waals surface area contributed by atoms with Crippen molar-refractivity contribution in [1.29, 1.82) is 0 Å². The lowest BCUT2D eigenvalue weighted by atomic mass is 9.81. The van der Waals surface area contributed by atoms with Crippen molar-refractivity contribution >= 4 is 21.6 Å². The summed E-state index contributed by atoms with van der Waals surface area (Å²) in [5.74, 6) is 0. The minimum atomic E-state index is -0.961. The fourth-order valence-electron chi connectivity index (χ4n) is 2.63. The molecule has 0 fully saturated rings. The quantitative estimate of drug-likeness (QED) is 0.436. The maximum Gasteiger partial charge on any atom is 0.350 e. The molecule has 0 aromatic carbocycles. The fraction of sp³-hybridized carbons (Fsp3) is 0.692. The largest absolute Gasteiger partial charge is 0.350 e. The second-order valence-electron chi connectivity index (χ2n) is 5.29. The fourth-order valence-corrected chi connectivity index (χ4v) is 3.36. The summed E-state index contributed by atoms with van der Waals surface area (Å²) in [7, 11) is 0. The van der Waals surface area contributed by atoms with Gasteiger partial charge < -0.3 is 0 Å². The molecule has 0 saturated carbocycles. The van der Waals surface area contributed by atoms with Crippen molar-refractivity contribution in [2.75, 3.05) is 5.33 Å². The first kappa shape index (κ1) is 17.6. The topological polar surface area (TPSA) is 98.0 Å². The molecule has 118 valence electrons. The number of aromatic amines is 1. The third-order valence-electron chi connectivity index (χ3n) is 3.54. The molecule has 1 heterocycles. The molecular formula is C13H20BrN3O4. The number of hydrogen-bond acceptors (Lipinski definition) is 4. The van der Waals surface area contributed by atoms with E-state index in [4.69, 9.17) is 0 Å². The Morgan fingerprint density at radius 3 is 2.33 bits per heavy atom. The average molecular weight is 362 g/mol. The van der Waals surface area contributed by atoms with Crippen LogP contribution >= 0.6 is 15.9 Å². The van der Waals surface area contributed by atoms with Gasteiger partial charge in [-0.15, -0.1) is 0 Å². The monoisotopic (exact) mass is 361 g/mol. The first-order valence-electron chi connectivity index (χ1n) is 6.93. The Balaban J connectivity index is 3.26. The summed E-state index contributed by atoms with van der Waals surface area (Å²) in [6.45, 7) is 4.46. The van der Waals surface area contributed by atoms with Gasteiger partial charge in [-0.2, -0.15) is 0 Å². The van der Waals surface area contributed by atoms with Crippen LogP contribution in [-0.2, 0) is 6.54 Å². The van der Waals surface area contributed by atoms with Crippen LogP contribution in [0, 0.1) is 15.5 Å². The van der Waals surface area contributed by atoms with Gasteiger partial charge in [-0.25, -0.2) is 4.79 Å². The van der Waals surface area contributed by atoms with Crippen LogP contribution in [0.25, 0.3) is 0 Å². The van der Waals surface area contributed by atoms with E-state index >= 15 is 0 Å². The van der Waals surface area contributed by atoms with Crippen LogP contribution in [0.4, 0.5) is 5.69 Å². The highest BCUT2D eigenvalue weighted by atomic mass is 79.9. The number of aromatic nitrogens is 2. The highest BCUT2D eigenvalue weighted by molar-refractivity contribution is 9.09. The van der Waals surface area contributed by atoms with Gasteiger partial charge >= 0.3 is 16.9 Å². The van der Waals surface area contributed by atoms with Gasteiger partial charge in [0.2, 0.25) is 0 Å². The Bertz CT molecular complexity index is 602. The second kappa shape index (κ2) is 7.53. The van der Waals surface area contributed by atoms with Crippen molar-refractivity contribution < 1.29 is 4.92 Å². The van der Waals surface area contributed by atoms with Gasteiger partial charge in [-0.3, -0.25) is 24.5 Å². The Kier molecular flexibility index (Phi) is 6.32.